The topological polar surface area (TPSA) is 17.0 Å². The minimum Gasteiger partial charge on any atom is -0.343 e. The molecule has 4 rings (SSSR count). The molecule has 1 aliphatic rings. The van der Waals surface area contributed by atoms with Gasteiger partial charge in [0.2, 0.25) is 0 Å². The van der Waals surface area contributed by atoms with E-state index in [9.17, 15) is 0 Å². The van der Waals surface area contributed by atoms with E-state index in [0.717, 1.165) is 19.1 Å². The number of benzene rings is 2. The normalized spacial score (nSPS) is 14.7. The lowest BCUT2D eigenvalue weighted by molar-refractivity contribution is 0.687. The quantitative estimate of drug-likeness (QED) is 0.747. The van der Waals surface area contributed by atoms with Crippen LogP contribution in [-0.4, -0.2) is 10.6 Å². The molecule has 106 valence electrons. The van der Waals surface area contributed by atoms with Gasteiger partial charge in [0, 0.05) is 25.3 Å². The van der Waals surface area contributed by atoms with Gasteiger partial charge in [0.05, 0.1) is 5.52 Å². The van der Waals surface area contributed by atoms with Gasteiger partial charge in [-0.15, -0.1) is 0 Å². The van der Waals surface area contributed by atoms with Crippen molar-refractivity contribution in [1.29, 1.82) is 0 Å². The fourth-order valence-corrected chi connectivity index (χ4v) is 2.94. The van der Waals surface area contributed by atoms with E-state index in [0.29, 0.717) is 0 Å². The molecule has 0 unspecified atom stereocenters. The molecule has 0 atom stereocenters. The molecule has 1 aromatic heterocycles. The van der Waals surface area contributed by atoms with Crippen molar-refractivity contribution < 1.29 is 0 Å². The van der Waals surface area contributed by atoms with E-state index in [2.05, 4.69) is 70.7 Å². The summed E-state index contributed by atoms with van der Waals surface area (Å²) in [6.07, 6.45) is 4.88. The summed E-state index contributed by atoms with van der Waals surface area (Å²) in [5.41, 5.74) is 4.12. The third-order valence-electron chi connectivity index (χ3n) is 4.23. The average molecular weight is 276 g/mol. The highest BCUT2D eigenvalue weighted by atomic mass is 15.0. The minimum atomic E-state index is 0.748. The van der Waals surface area contributed by atoms with Crippen LogP contribution in [0.5, 0.6) is 0 Å². The molecule has 0 amide bonds. The number of hydrogen-bond donors (Lipinski definition) is 1. The van der Waals surface area contributed by atoms with Gasteiger partial charge in [-0.05, 0) is 35.4 Å². The Kier molecular flexibility index (Phi) is 3.24. The Morgan fingerprint density at radius 3 is 2.62 bits per heavy atom. The molecule has 3 aromatic rings. The van der Waals surface area contributed by atoms with Crippen molar-refractivity contribution in [2.75, 3.05) is 0 Å². The third kappa shape index (κ3) is 2.72. The molecule has 1 aliphatic carbocycles. The van der Waals surface area contributed by atoms with Crippen LogP contribution in [0, 0.1) is 0 Å². The van der Waals surface area contributed by atoms with Crippen LogP contribution in [-0.2, 0) is 13.1 Å². The molecule has 1 heterocycles. The minimum absolute atomic E-state index is 0.748. The Labute approximate surface area is 125 Å². The zero-order valence-corrected chi connectivity index (χ0v) is 12.1. The molecular weight excluding hydrogens is 256 g/mol. The first kappa shape index (κ1) is 12.7. The van der Waals surface area contributed by atoms with Crippen molar-refractivity contribution in [2.24, 2.45) is 0 Å². The molecule has 0 saturated heterocycles. The predicted octanol–water partition coefficient (Wildman–Crippen LogP) is 3.94. The van der Waals surface area contributed by atoms with Crippen molar-refractivity contribution in [3.05, 3.63) is 71.9 Å². The maximum atomic E-state index is 3.63. The van der Waals surface area contributed by atoms with E-state index in [4.69, 9.17) is 0 Å². The lowest BCUT2D eigenvalue weighted by atomic mass is 10.1. The van der Waals surface area contributed by atoms with Crippen LogP contribution in [0.3, 0.4) is 0 Å². The summed E-state index contributed by atoms with van der Waals surface area (Å²) in [7, 11) is 0. The van der Waals surface area contributed by atoms with Crippen molar-refractivity contribution >= 4 is 10.9 Å². The van der Waals surface area contributed by atoms with Crippen LogP contribution in [0.1, 0.15) is 24.0 Å². The van der Waals surface area contributed by atoms with Crippen molar-refractivity contribution in [3.8, 4) is 0 Å². The van der Waals surface area contributed by atoms with Gasteiger partial charge < -0.3 is 9.88 Å². The van der Waals surface area contributed by atoms with Gasteiger partial charge >= 0.3 is 0 Å². The predicted molar refractivity (Wildman–Crippen MR) is 87.3 cm³/mol. The van der Waals surface area contributed by atoms with Crippen LogP contribution in [0.25, 0.3) is 10.9 Å². The molecule has 0 radical (unpaired) electrons. The molecule has 2 nitrogen and oxygen atoms in total. The van der Waals surface area contributed by atoms with E-state index in [1.165, 1.54) is 34.9 Å². The van der Waals surface area contributed by atoms with Crippen molar-refractivity contribution in [2.45, 2.75) is 32.0 Å². The second kappa shape index (κ2) is 5.38. The molecule has 21 heavy (non-hydrogen) atoms. The van der Waals surface area contributed by atoms with Crippen LogP contribution >= 0.6 is 0 Å². The van der Waals surface area contributed by atoms with Gasteiger partial charge in [-0.25, -0.2) is 0 Å². The number of nitrogens with zero attached hydrogens (tertiary/aromatic N) is 1. The summed E-state index contributed by atoms with van der Waals surface area (Å²) in [5, 5.41) is 4.97. The highest BCUT2D eigenvalue weighted by molar-refractivity contribution is 5.83. The molecule has 1 saturated carbocycles. The second-order valence-electron chi connectivity index (χ2n) is 5.94. The average Bonchev–Trinajstić information content (AvgIpc) is 3.27. The van der Waals surface area contributed by atoms with E-state index in [-0.39, 0.29) is 0 Å². The molecule has 2 aromatic carbocycles. The van der Waals surface area contributed by atoms with E-state index < -0.39 is 0 Å². The summed E-state index contributed by atoms with van der Waals surface area (Å²) < 4.78 is 2.37. The second-order valence-corrected chi connectivity index (χ2v) is 5.94. The smallest absolute Gasteiger partial charge is 0.0529 e. The van der Waals surface area contributed by atoms with Crippen LogP contribution < -0.4 is 5.32 Å². The highest BCUT2D eigenvalue weighted by Gasteiger charge is 2.20. The first-order valence-electron chi connectivity index (χ1n) is 7.74. The Morgan fingerprint density at radius 1 is 0.952 bits per heavy atom. The largest absolute Gasteiger partial charge is 0.343 e. The van der Waals surface area contributed by atoms with Crippen molar-refractivity contribution in [3.63, 3.8) is 0 Å². The van der Waals surface area contributed by atoms with Crippen molar-refractivity contribution in [1.82, 2.24) is 9.88 Å². The van der Waals surface area contributed by atoms with E-state index >= 15 is 0 Å². The molecule has 1 N–H and O–H groups in total. The van der Waals surface area contributed by atoms with Gasteiger partial charge in [-0.2, -0.15) is 0 Å². The zero-order chi connectivity index (χ0) is 14.1. The molecule has 0 aliphatic heterocycles. The summed E-state index contributed by atoms with van der Waals surface area (Å²) in [6.45, 7) is 1.91. The number of fused-ring (bicyclic) bond motifs is 1. The van der Waals surface area contributed by atoms with Gasteiger partial charge in [0.25, 0.3) is 0 Å². The number of para-hydroxylation sites is 1. The molecule has 0 bridgehead atoms. The molecule has 2 heteroatoms. The standard InChI is InChI=1S/C19H20N2/c1-2-5-15(6-3-1)14-21-12-11-16-7-4-8-17(19(16)21)13-20-18-9-10-18/h1-8,11-12,18,20H,9-10,13-14H2. The first-order chi connectivity index (χ1) is 10.4. The van der Waals surface area contributed by atoms with Crippen LogP contribution in [0.15, 0.2) is 60.8 Å². The highest BCUT2D eigenvalue weighted by Crippen LogP contribution is 2.24. The fourth-order valence-electron chi connectivity index (χ4n) is 2.94. The van der Waals surface area contributed by atoms with E-state index in [1.54, 1.807) is 0 Å². The lowest BCUT2D eigenvalue weighted by Crippen LogP contribution is -2.16. The Bertz CT molecular complexity index is 739. The van der Waals surface area contributed by atoms with E-state index in [1.807, 2.05) is 0 Å². The van der Waals surface area contributed by atoms with Crippen LogP contribution in [0.2, 0.25) is 0 Å². The fraction of sp³-hybridized carbons (Fsp3) is 0.263. The SMILES string of the molecule is c1ccc(Cn2ccc3cccc(CNC4CC4)c32)cc1. The third-order valence-corrected chi connectivity index (χ3v) is 4.23. The zero-order valence-electron chi connectivity index (χ0n) is 12.1. The Hall–Kier alpha value is -2.06. The van der Waals surface area contributed by atoms with Gasteiger partial charge in [-0.3, -0.25) is 0 Å². The number of aromatic nitrogens is 1. The molecular formula is C19H20N2. The van der Waals surface area contributed by atoms with Crippen LogP contribution in [0.4, 0.5) is 0 Å². The van der Waals surface area contributed by atoms with Gasteiger partial charge in [-0.1, -0.05) is 48.5 Å². The Morgan fingerprint density at radius 2 is 1.81 bits per heavy atom. The summed E-state index contributed by atoms with van der Waals surface area (Å²) >= 11 is 0. The lowest BCUT2D eigenvalue weighted by Gasteiger charge is -2.11. The number of hydrogen-bond acceptors (Lipinski definition) is 1. The van der Waals surface area contributed by atoms with Gasteiger partial charge in [0.15, 0.2) is 0 Å². The summed E-state index contributed by atoms with van der Waals surface area (Å²) in [4.78, 5) is 0. The maximum absolute atomic E-state index is 3.63. The monoisotopic (exact) mass is 276 g/mol. The molecule has 1 fully saturated rings. The maximum Gasteiger partial charge on any atom is 0.0529 e. The number of rotatable bonds is 5. The summed E-state index contributed by atoms with van der Waals surface area (Å²) in [6, 6.07) is 20.3. The molecule has 0 spiro atoms. The first-order valence-corrected chi connectivity index (χ1v) is 7.74. The number of nitrogens with one attached hydrogen (secondary N) is 1. The van der Waals surface area contributed by atoms with Gasteiger partial charge in [0.1, 0.15) is 0 Å². The Balaban J connectivity index is 1.67. The summed E-state index contributed by atoms with van der Waals surface area (Å²) in [5.74, 6) is 0.